The van der Waals surface area contributed by atoms with Crippen molar-refractivity contribution in [3.63, 3.8) is 0 Å². The zero-order chi connectivity index (χ0) is 24.4. The van der Waals surface area contributed by atoms with Crippen LogP contribution in [0.2, 0.25) is 5.02 Å². The number of imide groups is 1. The molecular formula is C26H24ClN3O4. The second-order valence-corrected chi connectivity index (χ2v) is 8.84. The average molecular weight is 478 g/mol. The van der Waals surface area contributed by atoms with Gasteiger partial charge in [0.1, 0.15) is 11.7 Å². The first-order valence-electron chi connectivity index (χ1n) is 11.0. The van der Waals surface area contributed by atoms with Crippen LogP contribution in [0.1, 0.15) is 40.7 Å². The van der Waals surface area contributed by atoms with E-state index in [1.807, 2.05) is 25.1 Å². The summed E-state index contributed by atoms with van der Waals surface area (Å²) in [7, 11) is 0. The lowest BCUT2D eigenvalue weighted by Crippen LogP contribution is -2.52. The van der Waals surface area contributed by atoms with Gasteiger partial charge in [-0.05, 0) is 55.5 Å². The van der Waals surface area contributed by atoms with Crippen molar-refractivity contribution in [3.8, 4) is 0 Å². The minimum absolute atomic E-state index is 0.0520. The largest absolute Gasteiger partial charge is 0.351 e. The van der Waals surface area contributed by atoms with Crippen LogP contribution in [0.4, 0.5) is 5.69 Å². The van der Waals surface area contributed by atoms with E-state index in [9.17, 15) is 19.2 Å². The van der Waals surface area contributed by atoms with Gasteiger partial charge in [0.15, 0.2) is 5.78 Å². The number of halogens is 1. The molecule has 2 aromatic rings. The van der Waals surface area contributed by atoms with Gasteiger partial charge in [-0.15, -0.1) is 0 Å². The Bertz CT molecular complexity index is 1250. The van der Waals surface area contributed by atoms with Gasteiger partial charge in [0.2, 0.25) is 5.91 Å². The van der Waals surface area contributed by atoms with Gasteiger partial charge in [-0.1, -0.05) is 42.4 Å². The monoisotopic (exact) mass is 477 g/mol. The standard InChI is InChI=1S/C26H24ClN3O4/c1-15-6-8-17(12-20(15)27)9-11-23(31)18-4-3-5-19(13-18)29-21-14-24(32)30(26(21)34)22-10-7-16(2)28-25(22)33/h3-6,8,12-14,22,29H,2,7,9-11H2,1H3,(H,28,33). The molecule has 4 rings (SSSR count). The molecule has 2 aliphatic rings. The molecule has 2 N–H and O–H groups in total. The summed E-state index contributed by atoms with van der Waals surface area (Å²) in [6, 6.07) is 11.6. The molecule has 2 heterocycles. The minimum Gasteiger partial charge on any atom is -0.351 e. The molecule has 1 fully saturated rings. The predicted molar refractivity (Wildman–Crippen MR) is 129 cm³/mol. The number of aryl methyl sites for hydroxylation is 2. The zero-order valence-electron chi connectivity index (χ0n) is 18.7. The Morgan fingerprint density at radius 2 is 2.00 bits per heavy atom. The fourth-order valence-corrected chi connectivity index (χ4v) is 4.20. The van der Waals surface area contributed by atoms with Crippen LogP contribution in [0.3, 0.4) is 0 Å². The van der Waals surface area contributed by atoms with Crippen LogP contribution in [-0.2, 0) is 20.8 Å². The third-order valence-corrected chi connectivity index (χ3v) is 6.34. The van der Waals surface area contributed by atoms with Crippen molar-refractivity contribution in [1.29, 1.82) is 0 Å². The van der Waals surface area contributed by atoms with E-state index in [1.54, 1.807) is 24.3 Å². The molecule has 8 heteroatoms. The highest BCUT2D eigenvalue weighted by atomic mass is 35.5. The maximum atomic E-state index is 12.9. The maximum absolute atomic E-state index is 12.9. The molecule has 0 spiro atoms. The Kier molecular flexibility index (Phi) is 6.65. The van der Waals surface area contributed by atoms with Gasteiger partial charge in [0.05, 0.1) is 0 Å². The highest BCUT2D eigenvalue weighted by Crippen LogP contribution is 2.25. The molecule has 7 nitrogen and oxygen atoms in total. The number of piperidine rings is 1. The van der Waals surface area contributed by atoms with Crippen molar-refractivity contribution >= 4 is 40.8 Å². The average Bonchev–Trinajstić information content (AvgIpc) is 3.07. The molecule has 0 saturated carbocycles. The van der Waals surface area contributed by atoms with Gasteiger partial charge in [0, 0.05) is 34.5 Å². The molecule has 2 aromatic carbocycles. The topological polar surface area (TPSA) is 95.6 Å². The third kappa shape index (κ3) is 4.94. The van der Waals surface area contributed by atoms with Crippen LogP contribution in [0.15, 0.2) is 66.5 Å². The first-order valence-corrected chi connectivity index (χ1v) is 11.3. The van der Waals surface area contributed by atoms with E-state index in [0.717, 1.165) is 16.0 Å². The van der Waals surface area contributed by atoms with Crippen LogP contribution in [0.25, 0.3) is 0 Å². The van der Waals surface area contributed by atoms with Crippen molar-refractivity contribution in [1.82, 2.24) is 10.2 Å². The van der Waals surface area contributed by atoms with Gasteiger partial charge in [-0.3, -0.25) is 24.1 Å². The number of carbonyl (C=O) groups is 4. The normalized spacial score (nSPS) is 18.1. The number of ketones is 1. The smallest absolute Gasteiger partial charge is 0.278 e. The number of carbonyl (C=O) groups excluding carboxylic acids is 4. The van der Waals surface area contributed by atoms with Gasteiger partial charge in [-0.2, -0.15) is 0 Å². The zero-order valence-corrected chi connectivity index (χ0v) is 19.4. The summed E-state index contributed by atoms with van der Waals surface area (Å²) < 4.78 is 0. The number of rotatable bonds is 7. The number of benzene rings is 2. The molecule has 0 aliphatic carbocycles. The number of Topliss-reactive ketones (excluding diaryl/α,β-unsaturated/α-hetero) is 1. The number of nitrogens with zero attached hydrogens (tertiary/aromatic N) is 1. The lowest BCUT2D eigenvalue weighted by molar-refractivity contribution is -0.146. The number of hydrogen-bond donors (Lipinski definition) is 2. The van der Waals surface area contributed by atoms with Gasteiger partial charge in [-0.25, -0.2) is 0 Å². The lowest BCUT2D eigenvalue weighted by atomic mass is 10.0. The van der Waals surface area contributed by atoms with E-state index in [4.69, 9.17) is 11.6 Å². The highest BCUT2D eigenvalue weighted by Gasteiger charge is 2.41. The summed E-state index contributed by atoms with van der Waals surface area (Å²) in [6.07, 6.45) is 2.86. The van der Waals surface area contributed by atoms with Crippen LogP contribution < -0.4 is 10.6 Å². The number of hydrogen-bond acceptors (Lipinski definition) is 5. The van der Waals surface area contributed by atoms with Gasteiger partial charge in [0.25, 0.3) is 11.8 Å². The minimum atomic E-state index is -0.871. The van der Waals surface area contributed by atoms with Crippen molar-refractivity contribution in [2.24, 2.45) is 0 Å². The summed E-state index contributed by atoms with van der Waals surface area (Å²) in [4.78, 5) is 51.3. The Labute approximate surface area is 202 Å². The lowest BCUT2D eigenvalue weighted by Gasteiger charge is -2.29. The molecule has 1 saturated heterocycles. The first-order chi connectivity index (χ1) is 16.2. The Morgan fingerprint density at radius 1 is 1.21 bits per heavy atom. The Balaban J connectivity index is 1.41. The molecule has 34 heavy (non-hydrogen) atoms. The van der Waals surface area contributed by atoms with E-state index in [2.05, 4.69) is 17.2 Å². The van der Waals surface area contributed by atoms with Gasteiger partial charge < -0.3 is 10.6 Å². The molecule has 2 aliphatic heterocycles. The van der Waals surface area contributed by atoms with E-state index >= 15 is 0 Å². The molecule has 0 aromatic heterocycles. The van der Waals surface area contributed by atoms with Crippen molar-refractivity contribution in [3.05, 3.63) is 88.2 Å². The van der Waals surface area contributed by atoms with Crippen molar-refractivity contribution in [2.45, 2.75) is 38.6 Å². The highest BCUT2D eigenvalue weighted by molar-refractivity contribution is 6.31. The molecule has 174 valence electrons. The Hall–Kier alpha value is -3.71. The van der Waals surface area contributed by atoms with Gasteiger partial charge >= 0.3 is 0 Å². The summed E-state index contributed by atoms with van der Waals surface area (Å²) in [6.45, 7) is 5.64. The second kappa shape index (κ2) is 9.65. The second-order valence-electron chi connectivity index (χ2n) is 8.43. The fraction of sp³-hybridized carbons (Fsp3) is 0.231. The third-order valence-electron chi connectivity index (χ3n) is 5.93. The van der Waals surface area contributed by atoms with Crippen LogP contribution in [0.5, 0.6) is 0 Å². The molecule has 0 radical (unpaired) electrons. The number of anilines is 1. The van der Waals surface area contributed by atoms with Crippen LogP contribution in [0, 0.1) is 6.92 Å². The summed E-state index contributed by atoms with van der Waals surface area (Å²) >= 11 is 6.16. The predicted octanol–water partition coefficient (Wildman–Crippen LogP) is 3.92. The summed E-state index contributed by atoms with van der Waals surface area (Å²) in [5, 5.41) is 6.19. The Morgan fingerprint density at radius 3 is 2.74 bits per heavy atom. The summed E-state index contributed by atoms with van der Waals surface area (Å²) in [5.74, 6) is -1.60. The van der Waals surface area contributed by atoms with Crippen LogP contribution >= 0.6 is 11.6 Å². The molecule has 3 amide bonds. The molecule has 0 bridgehead atoms. The van der Waals surface area contributed by atoms with Crippen LogP contribution in [-0.4, -0.2) is 34.4 Å². The first kappa shape index (κ1) is 23.4. The molecule has 1 atom stereocenters. The summed E-state index contributed by atoms with van der Waals surface area (Å²) in [5.41, 5.74) is 3.58. The SMILES string of the molecule is C=C1CCC(N2C(=O)C=C(Nc3cccc(C(=O)CCc4ccc(C)c(Cl)c4)c3)C2=O)C(=O)N1. The number of allylic oxidation sites excluding steroid dienone is 1. The quantitative estimate of drug-likeness (QED) is 0.465. The van der Waals surface area contributed by atoms with E-state index in [-0.39, 0.29) is 11.5 Å². The molecule has 1 unspecified atom stereocenters. The van der Waals surface area contributed by atoms with Crippen molar-refractivity contribution in [2.75, 3.05) is 5.32 Å². The van der Waals surface area contributed by atoms with E-state index in [1.165, 1.54) is 6.08 Å². The van der Waals surface area contributed by atoms with E-state index in [0.29, 0.717) is 47.7 Å². The fourth-order valence-electron chi connectivity index (χ4n) is 4.00. The number of amides is 3. The maximum Gasteiger partial charge on any atom is 0.278 e. The molecular weight excluding hydrogens is 454 g/mol. The van der Waals surface area contributed by atoms with E-state index < -0.39 is 23.8 Å². The van der Waals surface area contributed by atoms with Crippen molar-refractivity contribution < 1.29 is 19.2 Å². The number of nitrogens with one attached hydrogen (secondary N) is 2.